The van der Waals surface area contributed by atoms with Gasteiger partial charge in [-0.25, -0.2) is 8.42 Å². The molecule has 4 aromatic rings. The number of nitrogens with zero attached hydrogens (tertiary/aromatic N) is 2. The Bertz CT molecular complexity index is 1700. The van der Waals surface area contributed by atoms with Crippen LogP contribution in [0.2, 0.25) is 5.02 Å². The number of benzene rings is 4. The summed E-state index contributed by atoms with van der Waals surface area (Å²) < 4.78 is 34.8. The van der Waals surface area contributed by atoms with E-state index in [2.05, 4.69) is 5.32 Å². The summed E-state index contributed by atoms with van der Waals surface area (Å²) in [5, 5.41) is 3.30. The Morgan fingerprint density at radius 1 is 0.930 bits per heavy atom. The van der Waals surface area contributed by atoms with Gasteiger partial charge in [0.25, 0.3) is 5.91 Å². The molecule has 1 heterocycles. The number of sulfonamides is 1. The average molecular weight is 618 g/mol. The third-order valence-electron chi connectivity index (χ3n) is 7.13. The summed E-state index contributed by atoms with van der Waals surface area (Å²) in [5.41, 5.74) is 3.27. The zero-order valence-electron chi connectivity index (χ0n) is 23.6. The van der Waals surface area contributed by atoms with Crippen molar-refractivity contribution in [2.24, 2.45) is 0 Å². The van der Waals surface area contributed by atoms with Crippen LogP contribution in [-0.2, 0) is 32.6 Å². The molecular formula is C33H32ClN3O5S. The molecule has 1 aliphatic heterocycles. The Kier molecular flexibility index (Phi) is 9.45. The predicted molar refractivity (Wildman–Crippen MR) is 167 cm³/mol. The molecule has 0 spiro atoms. The van der Waals surface area contributed by atoms with Crippen LogP contribution in [0.5, 0.6) is 5.75 Å². The van der Waals surface area contributed by atoms with Crippen LogP contribution in [0.1, 0.15) is 16.7 Å². The van der Waals surface area contributed by atoms with E-state index >= 15 is 0 Å². The van der Waals surface area contributed by atoms with E-state index in [0.717, 1.165) is 21.0 Å². The largest absolute Gasteiger partial charge is 0.477 e. The summed E-state index contributed by atoms with van der Waals surface area (Å²) in [6.07, 6.45) is -0.317. The number of carbonyl (C=O) groups is 2. The SMILES string of the molecule is Cc1cccc(CN(CC(=O)N2C[C@H](C(=O)NCCc3ccccc3)Oc3ccccc32)S(=O)(=O)c2ccc(Cl)cc2)c1. The first-order chi connectivity index (χ1) is 20.7. The predicted octanol–water partition coefficient (Wildman–Crippen LogP) is 4.99. The quantitative estimate of drug-likeness (QED) is 0.270. The van der Waals surface area contributed by atoms with Gasteiger partial charge in [-0.2, -0.15) is 4.31 Å². The molecule has 2 amide bonds. The molecule has 4 aromatic carbocycles. The summed E-state index contributed by atoms with van der Waals surface area (Å²) >= 11 is 6.01. The fourth-order valence-corrected chi connectivity index (χ4v) is 6.43. The van der Waals surface area contributed by atoms with Crippen LogP contribution in [-0.4, -0.2) is 50.3 Å². The Balaban J connectivity index is 1.38. The lowest BCUT2D eigenvalue weighted by atomic mass is 10.1. The lowest BCUT2D eigenvalue weighted by Crippen LogP contribution is -2.53. The van der Waals surface area contributed by atoms with E-state index in [0.29, 0.717) is 29.4 Å². The molecule has 8 nitrogen and oxygen atoms in total. The monoisotopic (exact) mass is 617 g/mol. The zero-order chi connectivity index (χ0) is 30.4. The lowest BCUT2D eigenvalue weighted by Gasteiger charge is -2.35. The number of ether oxygens (including phenoxy) is 1. The first kappa shape index (κ1) is 30.3. The van der Waals surface area contributed by atoms with Gasteiger partial charge in [-0.05, 0) is 60.9 Å². The highest BCUT2D eigenvalue weighted by atomic mass is 35.5. The number of carbonyl (C=O) groups excluding carboxylic acids is 2. The topological polar surface area (TPSA) is 96.0 Å². The summed E-state index contributed by atoms with van der Waals surface area (Å²) in [4.78, 5) is 28.5. The third-order valence-corrected chi connectivity index (χ3v) is 9.19. The molecule has 0 saturated carbocycles. The number of fused-ring (bicyclic) bond motifs is 1. The summed E-state index contributed by atoms with van der Waals surface area (Å²) in [6, 6.07) is 30.0. The minimum absolute atomic E-state index is 0.0201. The number of halogens is 1. The number of anilines is 1. The summed E-state index contributed by atoms with van der Waals surface area (Å²) in [5.74, 6) is -0.465. The van der Waals surface area contributed by atoms with E-state index < -0.39 is 28.6 Å². The Morgan fingerprint density at radius 3 is 2.37 bits per heavy atom. The number of hydrogen-bond acceptors (Lipinski definition) is 5. The van der Waals surface area contributed by atoms with Gasteiger partial charge in [-0.3, -0.25) is 9.59 Å². The molecule has 0 fully saturated rings. The van der Waals surface area contributed by atoms with Crippen LogP contribution in [0.4, 0.5) is 5.69 Å². The van der Waals surface area contributed by atoms with Gasteiger partial charge in [-0.1, -0.05) is 83.9 Å². The van der Waals surface area contributed by atoms with Crippen molar-refractivity contribution in [2.75, 3.05) is 24.5 Å². The third kappa shape index (κ3) is 7.43. The smallest absolute Gasteiger partial charge is 0.262 e. The molecule has 0 bridgehead atoms. The van der Waals surface area contributed by atoms with E-state index in [1.807, 2.05) is 61.5 Å². The maximum absolute atomic E-state index is 13.9. The van der Waals surface area contributed by atoms with Crippen LogP contribution in [0, 0.1) is 6.92 Å². The van der Waals surface area contributed by atoms with Crippen LogP contribution in [0.3, 0.4) is 0 Å². The molecule has 0 aromatic heterocycles. The fourth-order valence-electron chi connectivity index (χ4n) is 4.93. The fraction of sp³-hybridized carbons (Fsp3) is 0.212. The zero-order valence-corrected chi connectivity index (χ0v) is 25.2. The van der Waals surface area contributed by atoms with E-state index in [1.54, 1.807) is 24.3 Å². The second-order valence-corrected chi connectivity index (χ2v) is 12.7. The second kappa shape index (κ2) is 13.4. The van der Waals surface area contributed by atoms with Crippen molar-refractivity contribution < 1.29 is 22.7 Å². The normalized spacial score (nSPS) is 14.6. The number of hydrogen-bond donors (Lipinski definition) is 1. The molecule has 10 heteroatoms. The molecule has 0 saturated heterocycles. The molecular weight excluding hydrogens is 586 g/mol. The van der Waals surface area contributed by atoms with Crippen molar-refractivity contribution in [3.63, 3.8) is 0 Å². The highest BCUT2D eigenvalue weighted by molar-refractivity contribution is 7.89. The molecule has 0 radical (unpaired) electrons. The maximum atomic E-state index is 13.9. The van der Waals surface area contributed by atoms with Gasteiger partial charge in [0.1, 0.15) is 5.75 Å². The molecule has 1 aliphatic rings. The molecule has 222 valence electrons. The van der Waals surface area contributed by atoms with E-state index in [1.165, 1.54) is 29.2 Å². The summed E-state index contributed by atoms with van der Waals surface area (Å²) in [7, 11) is -4.09. The van der Waals surface area contributed by atoms with Gasteiger partial charge in [0, 0.05) is 18.1 Å². The first-order valence-electron chi connectivity index (χ1n) is 13.9. The number of aryl methyl sites for hydroxylation is 1. The molecule has 1 N–H and O–H groups in total. The molecule has 1 atom stereocenters. The van der Waals surface area contributed by atoms with E-state index in [-0.39, 0.29) is 23.9 Å². The minimum atomic E-state index is -4.09. The second-order valence-electron chi connectivity index (χ2n) is 10.3. The Labute approximate surface area is 256 Å². The van der Waals surface area contributed by atoms with Crippen LogP contribution < -0.4 is 15.0 Å². The highest BCUT2D eigenvalue weighted by Gasteiger charge is 2.36. The van der Waals surface area contributed by atoms with Crippen molar-refractivity contribution in [1.29, 1.82) is 0 Å². The van der Waals surface area contributed by atoms with Crippen molar-refractivity contribution in [3.8, 4) is 5.75 Å². The Hall–Kier alpha value is -4.18. The highest BCUT2D eigenvalue weighted by Crippen LogP contribution is 2.34. The average Bonchev–Trinajstić information content (AvgIpc) is 3.01. The number of nitrogens with one attached hydrogen (secondary N) is 1. The molecule has 0 aliphatic carbocycles. The van der Waals surface area contributed by atoms with Gasteiger partial charge in [0.2, 0.25) is 15.9 Å². The molecule has 5 rings (SSSR count). The standard InChI is InChI=1S/C33H32ClN3O5S/c1-24-8-7-11-26(20-24)21-36(43(40,41)28-16-14-27(34)15-17-28)23-32(38)37-22-31(42-30-13-6-5-12-29(30)37)33(39)35-19-18-25-9-3-2-4-10-25/h2-17,20,31H,18-19,21-23H2,1H3,(H,35,39)/t31-/m1/s1. The van der Waals surface area contributed by atoms with Crippen LogP contribution in [0.25, 0.3) is 0 Å². The van der Waals surface area contributed by atoms with Gasteiger partial charge in [0.05, 0.1) is 23.7 Å². The van der Waals surface area contributed by atoms with Crippen LogP contribution in [0.15, 0.2) is 108 Å². The van der Waals surface area contributed by atoms with Gasteiger partial charge < -0.3 is 15.0 Å². The molecule has 43 heavy (non-hydrogen) atoms. The number of rotatable bonds is 10. The maximum Gasteiger partial charge on any atom is 0.262 e. The van der Waals surface area contributed by atoms with Crippen LogP contribution >= 0.6 is 11.6 Å². The lowest BCUT2D eigenvalue weighted by molar-refractivity contribution is -0.128. The van der Waals surface area contributed by atoms with E-state index in [9.17, 15) is 18.0 Å². The van der Waals surface area contributed by atoms with Crippen molar-refractivity contribution in [3.05, 3.63) is 125 Å². The van der Waals surface area contributed by atoms with Gasteiger partial charge in [-0.15, -0.1) is 0 Å². The van der Waals surface area contributed by atoms with Crippen molar-refractivity contribution in [1.82, 2.24) is 9.62 Å². The van der Waals surface area contributed by atoms with Crippen molar-refractivity contribution in [2.45, 2.75) is 30.9 Å². The summed E-state index contributed by atoms with van der Waals surface area (Å²) in [6.45, 7) is 1.79. The van der Waals surface area contributed by atoms with E-state index in [4.69, 9.17) is 16.3 Å². The number of para-hydroxylation sites is 2. The number of amides is 2. The van der Waals surface area contributed by atoms with Crippen molar-refractivity contribution >= 4 is 39.1 Å². The Morgan fingerprint density at radius 2 is 1.63 bits per heavy atom. The minimum Gasteiger partial charge on any atom is -0.477 e. The first-order valence-corrected chi connectivity index (χ1v) is 15.7. The van der Waals surface area contributed by atoms with Gasteiger partial charge in [0.15, 0.2) is 6.10 Å². The molecule has 0 unspecified atom stereocenters. The van der Waals surface area contributed by atoms with Gasteiger partial charge >= 0.3 is 0 Å².